The Morgan fingerprint density at radius 1 is 0.815 bits per heavy atom. The fourth-order valence-electron chi connectivity index (χ4n) is 2.77. The molecule has 1 aromatic heterocycles. The lowest BCUT2D eigenvalue weighted by molar-refractivity contribution is 0.849. The number of hydrogen-bond donors (Lipinski definition) is 1. The highest BCUT2D eigenvalue weighted by Gasteiger charge is 2.14. The monoisotopic (exact) mass is 392 g/mol. The molecular weight excluding hydrogens is 376 g/mol. The van der Waals surface area contributed by atoms with Gasteiger partial charge in [0.15, 0.2) is 5.82 Å². The number of nitrogen functional groups attached to an aromatic ring is 1. The molecule has 0 saturated heterocycles. The van der Waals surface area contributed by atoms with E-state index in [0.717, 1.165) is 11.3 Å². The zero-order chi connectivity index (χ0) is 18.6. The third-order valence-corrected chi connectivity index (χ3v) is 5.55. The molecular formula is C21H17ClN4S. The smallest absolute Gasteiger partial charge is 0.210 e. The average Bonchev–Trinajstić information content (AvgIpc) is 3.08. The zero-order valence-electron chi connectivity index (χ0n) is 14.4. The highest BCUT2D eigenvalue weighted by molar-refractivity contribution is 7.98. The first-order chi connectivity index (χ1) is 13.2. The second kappa shape index (κ2) is 7.86. The second-order valence-corrected chi connectivity index (χ2v) is 7.36. The van der Waals surface area contributed by atoms with Crippen molar-refractivity contribution in [1.82, 2.24) is 14.9 Å². The second-order valence-electron chi connectivity index (χ2n) is 6.01. The van der Waals surface area contributed by atoms with Crippen molar-refractivity contribution in [2.75, 3.05) is 5.84 Å². The average molecular weight is 393 g/mol. The molecule has 0 aliphatic carbocycles. The molecule has 0 unspecified atom stereocenters. The van der Waals surface area contributed by atoms with Crippen LogP contribution in [0, 0.1) is 0 Å². The Bertz CT molecular complexity index is 1050. The van der Waals surface area contributed by atoms with Gasteiger partial charge in [-0.05, 0) is 28.8 Å². The standard InChI is InChI=1S/C21H17ClN4S/c22-19-9-5-4-8-18(19)20-24-25-21(26(20)23)27-14-15-10-12-17(13-11-15)16-6-2-1-3-7-16/h1-13H,14,23H2. The van der Waals surface area contributed by atoms with Crippen LogP contribution in [0.5, 0.6) is 0 Å². The summed E-state index contributed by atoms with van der Waals surface area (Å²) in [6.45, 7) is 0. The van der Waals surface area contributed by atoms with E-state index in [-0.39, 0.29) is 0 Å². The normalized spacial score (nSPS) is 10.9. The molecule has 0 radical (unpaired) electrons. The Morgan fingerprint density at radius 3 is 2.22 bits per heavy atom. The van der Waals surface area contributed by atoms with Gasteiger partial charge in [-0.3, -0.25) is 0 Å². The van der Waals surface area contributed by atoms with Gasteiger partial charge in [-0.2, -0.15) is 0 Å². The van der Waals surface area contributed by atoms with Crippen molar-refractivity contribution in [3.63, 3.8) is 0 Å². The van der Waals surface area contributed by atoms with Gasteiger partial charge >= 0.3 is 0 Å². The van der Waals surface area contributed by atoms with Crippen molar-refractivity contribution in [3.05, 3.63) is 89.4 Å². The molecule has 4 nitrogen and oxygen atoms in total. The molecule has 0 amide bonds. The summed E-state index contributed by atoms with van der Waals surface area (Å²) in [4.78, 5) is 0. The minimum atomic E-state index is 0.558. The van der Waals surface area contributed by atoms with Gasteiger partial charge in [-0.25, -0.2) is 4.68 Å². The summed E-state index contributed by atoms with van der Waals surface area (Å²) >= 11 is 7.78. The summed E-state index contributed by atoms with van der Waals surface area (Å²) in [6.07, 6.45) is 0. The molecule has 2 N–H and O–H groups in total. The third kappa shape index (κ3) is 3.84. The lowest BCUT2D eigenvalue weighted by atomic mass is 10.0. The third-order valence-electron chi connectivity index (χ3n) is 4.21. The number of benzene rings is 3. The number of rotatable bonds is 5. The van der Waals surface area contributed by atoms with Crippen molar-refractivity contribution >= 4 is 23.4 Å². The Kier molecular flexibility index (Phi) is 5.14. The maximum Gasteiger partial charge on any atom is 0.210 e. The van der Waals surface area contributed by atoms with Gasteiger partial charge in [-0.15, -0.1) is 10.2 Å². The molecule has 0 aliphatic rings. The minimum Gasteiger partial charge on any atom is -0.335 e. The SMILES string of the molecule is Nn1c(SCc2ccc(-c3ccccc3)cc2)nnc1-c1ccccc1Cl. The molecule has 0 atom stereocenters. The quantitative estimate of drug-likeness (QED) is 0.371. The van der Waals surface area contributed by atoms with E-state index in [4.69, 9.17) is 17.4 Å². The number of nitrogens with two attached hydrogens (primary N) is 1. The van der Waals surface area contributed by atoms with Gasteiger partial charge in [0.05, 0.1) is 5.02 Å². The number of aromatic nitrogens is 3. The highest BCUT2D eigenvalue weighted by Crippen LogP contribution is 2.29. The zero-order valence-corrected chi connectivity index (χ0v) is 16.0. The first-order valence-electron chi connectivity index (χ1n) is 8.45. The van der Waals surface area contributed by atoms with Crippen molar-refractivity contribution in [3.8, 4) is 22.5 Å². The van der Waals surface area contributed by atoms with Crippen LogP contribution in [-0.4, -0.2) is 14.9 Å². The van der Waals surface area contributed by atoms with Crippen LogP contribution in [0.15, 0.2) is 84.0 Å². The molecule has 3 aromatic carbocycles. The van der Waals surface area contributed by atoms with Crippen molar-refractivity contribution in [2.24, 2.45) is 0 Å². The first-order valence-corrected chi connectivity index (χ1v) is 9.81. The first kappa shape index (κ1) is 17.6. The van der Waals surface area contributed by atoms with Crippen molar-refractivity contribution < 1.29 is 0 Å². The number of hydrogen-bond acceptors (Lipinski definition) is 4. The van der Waals surface area contributed by atoms with Crippen LogP contribution in [0.4, 0.5) is 0 Å². The molecule has 4 rings (SSSR count). The predicted octanol–water partition coefficient (Wildman–Crippen LogP) is 5.27. The van der Waals surface area contributed by atoms with E-state index in [1.54, 1.807) is 11.8 Å². The van der Waals surface area contributed by atoms with Crippen LogP contribution in [0.2, 0.25) is 5.02 Å². The molecule has 0 aliphatic heterocycles. The van der Waals surface area contributed by atoms with Gasteiger partial charge < -0.3 is 5.84 Å². The molecule has 1 heterocycles. The van der Waals surface area contributed by atoms with Gasteiger partial charge in [0, 0.05) is 11.3 Å². The molecule has 0 saturated carbocycles. The molecule has 4 aromatic rings. The van der Waals surface area contributed by atoms with E-state index in [1.807, 2.05) is 42.5 Å². The summed E-state index contributed by atoms with van der Waals surface area (Å²) in [5, 5.41) is 9.65. The molecule has 0 bridgehead atoms. The van der Waals surface area contributed by atoms with E-state index in [1.165, 1.54) is 21.4 Å². The predicted molar refractivity (Wildman–Crippen MR) is 112 cm³/mol. The molecule has 27 heavy (non-hydrogen) atoms. The maximum absolute atomic E-state index is 6.23. The van der Waals surface area contributed by atoms with Gasteiger partial charge in [0.2, 0.25) is 5.16 Å². The molecule has 6 heteroatoms. The summed E-state index contributed by atoms with van der Waals surface area (Å²) in [6, 6.07) is 26.3. The summed E-state index contributed by atoms with van der Waals surface area (Å²) in [5.74, 6) is 7.50. The van der Waals surface area contributed by atoms with Crippen LogP contribution in [0.3, 0.4) is 0 Å². The lowest BCUT2D eigenvalue weighted by Gasteiger charge is -2.06. The highest BCUT2D eigenvalue weighted by atomic mass is 35.5. The van der Waals surface area contributed by atoms with E-state index >= 15 is 0 Å². The topological polar surface area (TPSA) is 56.7 Å². The van der Waals surface area contributed by atoms with Crippen molar-refractivity contribution in [2.45, 2.75) is 10.9 Å². The Labute approximate surface area is 167 Å². The Morgan fingerprint density at radius 2 is 1.48 bits per heavy atom. The molecule has 0 spiro atoms. The lowest BCUT2D eigenvalue weighted by Crippen LogP contribution is -2.11. The van der Waals surface area contributed by atoms with Crippen LogP contribution in [0.25, 0.3) is 22.5 Å². The summed E-state index contributed by atoms with van der Waals surface area (Å²) in [5.41, 5.74) is 4.38. The van der Waals surface area contributed by atoms with E-state index in [2.05, 4.69) is 46.6 Å². The van der Waals surface area contributed by atoms with Gasteiger partial charge in [0.1, 0.15) is 0 Å². The minimum absolute atomic E-state index is 0.558. The van der Waals surface area contributed by atoms with Crippen LogP contribution in [0.1, 0.15) is 5.56 Å². The molecule has 134 valence electrons. The van der Waals surface area contributed by atoms with E-state index < -0.39 is 0 Å². The summed E-state index contributed by atoms with van der Waals surface area (Å²) < 4.78 is 1.49. The number of thioether (sulfide) groups is 1. The Hall–Kier alpha value is -2.76. The van der Waals surface area contributed by atoms with Crippen LogP contribution in [-0.2, 0) is 5.75 Å². The van der Waals surface area contributed by atoms with Crippen LogP contribution < -0.4 is 5.84 Å². The van der Waals surface area contributed by atoms with Crippen LogP contribution >= 0.6 is 23.4 Å². The maximum atomic E-state index is 6.23. The summed E-state index contributed by atoms with van der Waals surface area (Å²) in [7, 11) is 0. The van der Waals surface area contributed by atoms with E-state index in [0.29, 0.717) is 16.0 Å². The van der Waals surface area contributed by atoms with Gasteiger partial charge in [0.25, 0.3) is 0 Å². The Balaban J connectivity index is 1.47. The number of nitrogens with zero attached hydrogens (tertiary/aromatic N) is 3. The fraction of sp³-hybridized carbons (Fsp3) is 0.0476. The molecule has 0 fully saturated rings. The van der Waals surface area contributed by atoms with Crippen molar-refractivity contribution in [1.29, 1.82) is 0 Å². The fourth-order valence-corrected chi connectivity index (χ4v) is 3.81. The number of halogens is 1. The van der Waals surface area contributed by atoms with E-state index in [9.17, 15) is 0 Å². The largest absolute Gasteiger partial charge is 0.335 e. The van der Waals surface area contributed by atoms with Gasteiger partial charge in [-0.1, -0.05) is 90.1 Å².